The van der Waals surface area contributed by atoms with Gasteiger partial charge in [0.2, 0.25) is 0 Å². The number of carbonyl (C=O) groups is 2. The van der Waals surface area contributed by atoms with E-state index < -0.39 is 0 Å². The quantitative estimate of drug-likeness (QED) is 0.614. The number of allylic oxidation sites excluding steroid dienone is 1. The molecule has 0 spiro atoms. The molecule has 0 amide bonds. The molecular weight excluding hydrogens is 204 g/mol. The lowest BCUT2D eigenvalue weighted by Gasteiger charge is -2.02. The van der Waals surface area contributed by atoms with Gasteiger partial charge in [-0.1, -0.05) is 11.6 Å². The average Bonchev–Trinajstić information content (AvgIpc) is 2.18. The Balaban J connectivity index is 3.28. The van der Waals surface area contributed by atoms with Gasteiger partial charge in [-0.05, 0) is 24.3 Å². The summed E-state index contributed by atoms with van der Waals surface area (Å²) in [6.07, 6.45) is 3.65. The van der Waals surface area contributed by atoms with Gasteiger partial charge in [0, 0.05) is 10.6 Å². The zero-order chi connectivity index (χ0) is 10.6. The summed E-state index contributed by atoms with van der Waals surface area (Å²) in [4.78, 5) is 20.6. The van der Waals surface area contributed by atoms with Crippen LogP contribution >= 0.6 is 11.6 Å². The van der Waals surface area contributed by atoms with Crippen LogP contribution in [0.2, 0.25) is 5.02 Å². The molecule has 0 aliphatic carbocycles. The minimum absolute atomic E-state index is 0.100. The average molecular weight is 211 g/mol. The summed E-state index contributed by atoms with van der Waals surface area (Å²) in [6.45, 7) is 0. The van der Waals surface area contributed by atoms with Crippen molar-refractivity contribution in [3.8, 4) is 5.75 Å². The highest BCUT2D eigenvalue weighted by molar-refractivity contribution is 6.31. The Kier molecular flexibility index (Phi) is 3.42. The van der Waals surface area contributed by atoms with Crippen molar-refractivity contribution in [2.45, 2.75) is 0 Å². The number of hydrogen-bond donors (Lipinski definition) is 1. The third kappa shape index (κ3) is 2.20. The molecule has 0 aromatic heterocycles. The summed E-state index contributed by atoms with van der Waals surface area (Å²) in [6, 6.07) is 2.81. The van der Waals surface area contributed by atoms with Gasteiger partial charge in [-0.25, -0.2) is 0 Å². The molecule has 72 valence electrons. The number of phenolic OH excluding ortho intramolecular Hbond substituents is 1. The van der Waals surface area contributed by atoms with E-state index in [-0.39, 0.29) is 11.3 Å². The van der Waals surface area contributed by atoms with Crippen molar-refractivity contribution in [1.82, 2.24) is 0 Å². The van der Waals surface area contributed by atoms with Crippen molar-refractivity contribution in [3.05, 3.63) is 34.4 Å². The van der Waals surface area contributed by atoms with Crippen LogP contribution in [-0.2, 0) is 4.79 Å². The molecule has 3 nitrogen and oxygen atoms in total. The van der Waals surface area contributed by atoms with Crippen LogP contribution < -0.4 is 0 Å². The van der Waals surface area contributed by atoms with Gasteiger partial charge < -0.3 is 5.11 Å². The van der Waals surface area contributed by atoms with Gasteiger partial charge in [-0.3, -0.25) is 9.59 Å². The first kappa shape index (κ1) is 10.5. The molecule has 0 heterocycles. The second-order valence-corrected chi connectivity index (χ2v) is 2.98. The van der Waals surface area contributed by atoms with E-state index in [1.165, 1.54) is 24.3 Å². The fraction of sp³-hybridized carbons (Fsp3) is 0. The van der Waals surface area contributed by atoms with Crippen LogP contribution in [0.25, 0.3) is 6.08 Å². The van der Waals surface area contributed by atoms with E-state index in [2.05, 4.69) is 0 Å². The van der Waals surface area contributed by atoms with Crippen LogP contribution in [0.5, 0.6) is 5.75 Å². The maximum atomic E-state index is 10.5. The monoisotopic (exact) mass is 210 g/mol. The van der Waals surface area contributed by atoms with Crippen molar-refractivity contribution in [2.75, 3.05) is 0 Å². The van der Waals surface area contributed by atoms with E-state index in [1.807, 2.05) is 0 Å². The predicted molar refractivity (Wildman–Crippen MR) is 53.6 cm³/mol. The third-order valence-electron chi connectivity index (χ3n) is 1.61. The Morgan fingerprint density at radius 2 is 1.86 bits per heavy atom. The number of halogens is 1. The van der Waals surface area contributed by atoms with E-state index in [0.717, 1.165) is 0 Å². The maximum Gasteiger partial charge on any atom is 0.153 e. The Labute approximate surface area is 85.6 Å². The van der Waals surface area contributed by atoms with E-state index in [0.29, 0.717) is 23.2 Å². The molecule has 0 atom stereocenters. The van der Waals surface area contributed by atoms with Crippen molar-refractivity contribution >= 4 is 30.2 Å². The van der Waals surface area contributed by atoms with E-state index >= 15 is 0 Å². The standard InChI is InChI=1S/C10H7ClO3/c11-9-4-7(2-1-3-12)10(14)8(5-9)6-13/h1-6,14H. The first-order chi connectivity index (χ1) is 6.69. The third-order valence-corrected chi connectivity index (χ3v) is 1.83. The van der Waals surface area contributed by atoms with Crippen LogP contribution in [-0.4, -0.2) is 17.7 Å². The first-order valence-corrected chi connectivity index (χ1v) is 4.16. The number of rotatable bonds is 3. The minimum Gasteiger partial charge on any atom is -0.507 e. The number of phenols is 1. The summed E-state index contributed by atoms with van der Waals surface area (Å²) >= 11 is 5.69. The molecule has 0 aliphatic rings. The molecule has 0 bridgehead atoms. The molecular formula is C10H7ClO3. The zero-order valence-electron chi connectivity index (χ0n) is 7.11. The van der Waals surface area contributed by atoms with Gasteiger partial charge in [0.25, 0.3) is 0 Å². The molecule has 1 aromatic carbocycles. The summed E-state index contributed by atoms with van der Waals surface area (Å²) in [5.41, 5.74) is 0.440. The second-order valence-electron chi connectivity index (χ2n) is 2.55. The van der Waals surface area contributed by atoms with E-state index in [9.17, 15) is 14.7 Å². The molecule has 0 radical (unpaired) electrons. The highest BCUT2D eigenvalue weighted by Crippen LogP contribution is 2.26. The van der Waals surface area contributed by atoms with Crippen molar-refractivity contribution in [3.63, 3.8) is 0 Å². The van der Waals surface area contributed by atoms with Gasteiger partial charge in [-0.2, -0.15) is 0 Å². The van der Waals surface area contributed by atoms with E-state index in [4.69, 9.17) is 11.6 Å². The Bertz CT molecular complexity index is 397. The van der Waals surface area contributed by atoms with Gasteiger partial charge in [0.05, 0.1) is 5.56 Å². The van der Waals surface area contributed by atoms with Gasteiger partial charge >= 0.3 is 0 Å². The lowest BCUT2D eigenvalue weighted by Crippen LogP contribution is -1.85. The van der Waals surface area contributed by atoms with Crippen LogP contribution in [0, 0.1) is 0 Å². The van der Waals surface area contributed by atoms with Crippen LogP contribution in [0.4, 0.5) is 0 Å². The number of aldehydes is 2. The van der Waals surface area contributed by atoms with Gasteiger partial charge in [0.1, 0.15) is 12.0 Å². The topological polar surface area (TPSA) is 54.4 Å². The van der Waals surface area contributed by atoms with Gasteiger partial charge in [0.15, 0.2) is 6.29 Å². The fourth-order valence-electron chi connectivity index (χ4n) is 1.00. The normalized spacial score (nSPS) is 10.4. The highest BCUT2D eigenvalue weighted by Gasteiger charge is 2.05. The zero-order valence-corrected chi connectivity index (χ0v) is 7.86. The highest BCUT2D eigenvalue weighted by atomic mass is 35.5. The van der Waals surface area contributed by atoms with Crippen LogP contribution in [0.3, 0.4) is 0 Å². The molecule has 0 saturated heterocycles. The molecule has 1 rings (SSSR count). The molecule has 0 fully saturated rings. The molecule has 14 heavy (non-hydrogen) atoms. The largest absolute Gasteiger partial charge is 0.507 e. The molecule has 1 aromatic rings. The van der Waals surface area contributed by atoms with E-state index in [1.54, 1.807) is 0 Å². The van der Waals surface area contributed by atoms with Crippen LogP contribution in [0.15, 0.2) is 18.2 Å². The smallest absolute Gasteiger partial charge is 0.153 e. The molecule has 4 heteroatoms. The number of benzene rings is 1. The summed E-state index contributed by atoms with van der Waals surface area (Å²) in [5, 5.41) is 9.81. The fourth-order valence-corrected chi connectivity index (χ4v) is 1.24. The number of hydrogen-bond acceptors (Lipinski definition) is 3. The summed E-state index contributed by atoms with van der Waals surface area (Å²) in [5.74, 6) is -0.178. The van der Waals surface area contributed by atoms with Crippen LogP contribution in [0.1, 0.15) is 15.9 Å². The maximum absolute atomic E-state index is 10.5. The minimum atomic E-state index is -0.178. The Morgan fingerprint density at radius 3 is 2.43 bits per heavy atom. The lowest BCUT2D eigenvalue weighted by atomic mass is 10.1. The van der Waals surface area contributed by atoms with Crippen molar-refractivity contribution in [2.24, 2.45) is 0 Å². The SMILES string of the molecule is O=CC=Cc1cc(Cl)cc(C=O)c1O. The predicted octanol–water partition coefficient (Wildman–Crippen LogP) is 2.07. The number of aromatic hydroxyl groups is 1. The van der Waals surface area contributed by atoms with Gasteiger partial charge in [-0.15, -0.1) is 0 Å². The Hall–Kier alpha value is -1.61. The lowest BCUT2D eigenvalue weighted by molar-refractivity contribution is -0.104. The van der Waals surface area contributed by atoms with Crippen molar-refractivity contribution < 1.29 is 14.7 Å². The summed E-state index contributed by atoms with van der Waals surface area (Å²) in [7, 11) is 0. The van der Waals surface area contributed by atoms with Crippen molar-refractivity contribution in [1.29, 1.82) is 0 Å². The summed E-state index contributed by atoms with van der Waals surface area (Å²) < 4.78 is 0. The molecule has 0 aliphatic heterocycles. The second kappa shape index (κ2) is 4.58. The molecule has 1 N–H and O–H groups in total. The molecule has 0 saturated carbocycles. The first-order valence-electron chi connectivity index (χ1n) is 3.78. The Morgan fingerprint density at radius 1 is 1.21 bits per heavy atom. The molecule has 0 unspecified atom stereocenters. The number of carbonyl (C=O) groups excluding carboxylic acids is 2.